The molecule has 5 heteroatoms. The lowest BCUT2D eigenvalue weighted by atomic mass is 10.2. The molecular weight excluding hydrogens is 154 g/mol. The average molecular weight is 165 g/mol. The third-order valence-corrected chi connectivity index (χ3v) is 3.34. The van der Waals surface area contributed by atoms with Crippen LogP contribution in [-0.2, 0) is 9.84 Å². The number of sulfone groups is 1. The molecule has 1 N–H and O–H groups in total. The van der Waals surface area contributed by atoms with Crippen molar-refractivity contribution in [1.82, 2.24) is 0 Å². The zero-order valence-corrected chi connectivity index (χ0v) is 7.01. The first kappa shape index (κ1) is 9.42. The van der Waals surface area contributed by atoms with Crippen molar-refractivity contribution in [3.05, 3.63) is 0 Å². The van der Waals surface area contributed by atoms with E-state index in [1.165, 1.54) is 13.8 Å². The van der Waals surface area contributed by atoms with Crippen molar-refractivity contribution in [3.8, 4) is 0 Å². The van der Waals surface area contributed by atoms with E-state index in [1.54, 1.807) is 0 Å². The molecule has 0 aliphatic carbocycles. The number of rotatable bonds is 2. The molecule has 10 heavy (non-hydrogen) atoms. The highest BCUT2D eigenvalue weighted by molar-refractivity contribution is 7.92. The molecule has 0 amide bonds. The third-order valence-electron chi connectivity index (χ3n) is 1.32. The van der Waals surface area contributed by atoms with E-state index in [1.807, 2.05) is 0 Å². The Kier molecular flexibility index (Phi) is 2.42. The first-order valence-corrected chi connectivity index (χ1v) is 4.58. The van der Waals surface area contributed by atoms with E-state index in [4.69, 9.17) is 5.21 Å². The van der Waals surface area contributed by atoms with Gasteiger partial charge in [0.1, 0.15) is 4.75 Å². The number of hydrogen-bond acceptors (Lipinski definition) is 4. The van der Waals surface area contributed by atoms with E-state index in [-0.39, 0.29) is 0 Å². The maximum absolute atomic E-state index is 10.8. The largest absolute Gasteiger partial charge is 0.411 e. The molecule has 0 heterocycles. The Morgan fingerprint density at radius 2 is 1.90 bits per heavy atom. The van der Waals surface area contributed by atoms with Crippen LogP contribution in [0.25, 0.3) is 0 Å². The van der Waals surface area contributed by atoms with Crippen LogP contribution in [-0.4, -0.2) is 30.8 Å². The Hall–Kier alpha value is -0.580. The van der Waals surface area contributed by atoms with Crippen LogP contribution in [0.15, 0.2) is 5.16 Å². The van der Waals surface area contributed by atoms with Gasteiger partial charge in [-0.3, -0.25) is 0 Å². The Bertz CT molecular complexity index is 227. The molecule has 0 aromatic rings. The molecule has 0 bridgehead atoms. The fourth-order valence-electron chi connectivity index (χ4n) is 0.235. The second kappa shape index (κ2) is 2.57. The molecule has 0 saturated heterocycles. The lowest BCUT2D eigenvalue weighted by molar-refractivity contribution is 0.319. The van der Waals surface area contributed by atoms with E-state index in [0.717, 1.165) is 12.5 Å². The van der Waals surface area contributed by atoms with Gasteiger partial charge in [-0.2, -0.15) is 0 Å². The Morgan fingerprint density at radius 1 is 1.50 bits per heavy atom. The van der Waals surface area contributed by atoms with Gasteiger partial charge < -0.3 is 5.21 Å². The Morgan fingerprint density at radius 3 is 2.00 bits per heavy atom. The minimum absolute atomic E-state index is 0.988. The lowest BCUT2D eigenvalue weighted by Gasteiger charge is -2.14. The van der Waals surface area contributed by atoms with Crippen LogP contribution in [0.4, 0.5) is 0 Å². The summed E-state index contributed by atoms with van der Waals surface area (Å²) in [4.78, 5) is 0. The van der Waals surface area contributed by atoms with Crippen molar-refractivity contribution in [2.45, 2.75) is 18.6 Å². The van der Waals surface area contributed by atoms with Gasteiger partial charge in [0, 0.05) is 6.26 Å². The lowest BCUT2D eigenvalue weighted by Crippen LogP contribution is -2.32. The van der Waals surface area contributed by atoms with E-state index in [2.05, 4.69) is 5.16 Å². The molecule has 60 valence electrons. The second-order valence-electron chi connectivity index (χ2n) is 2.62. The molecule has 0 spiro atoms. The first-order chi connectivity index (χ1) is 4.31. The molecule has 4 nitrogen and oxygen atoms in total. The van der Waals surface area contributed by atoms with Gasteiger partial charge in [0.15, 0.2) is 9.84 Å². The predicted molar refractivity (Wildman–Crippen MR) is 39.2 cm³/mol. The van der Waals surface area contributed by atoms with E-state index in [9.17, 15) is 8.42 Å². The fourth-order valence-corrected chi connectivity index (χ4v) is 0.473. The van der Waals surface area contributed by atoms with Gasteiger partial charge in [0.25, 0.3) is 0 Å². The molecule has 0 aromatic carbocycles. The smallest absolute Gasteiger partial charge is 0.157 e. The zero-order chi connectivity index (χ0) is 8.41. The summed E-state index contributed by atoms with van der Waals surface area (Å²) in [5, 5.41) is 10.7. The fraction of sp³-hybridized carbons (Fsp3) is 0.800. The maximum atomic E-state index is 10.8. The summed E-state index contributed by atoms with van der Waals surface area (Å²) in [6.07, 6.45) is 2.08. The number of nitrogens with zero attached hydrogens (tertiary/aromatic N) is 1. The summed E-state index contributed by atoms with van der Waals surface area (Å²) in [7, 11) is -3.17. The molecule has 0 saturated carbocycles. The molecular formula is C5H11NO3S. The van der Waals surface area contributed by atoms with Gasteiger partial charge in [0.05, 0.1) is 6.21 Å². The highest BCUT2D eigenvalue weighted by Gasteiger charge is 2.27. The summed E-state index contributed by atoms with van der Waals surface area (Å²) in [5.41, 5.74) is 0. The van der Waals surface area contributed by atoms with Gasteiger partial charge in [-0.15, -0.1) is 5.16 Å². The van der Waals surface area contributed by atoms with Crippen LogP contribution in [0.1, 0.15) is 13.8 Å². The van der Waals surface area contributed by atoms with Crippen molar-refractivity contribution >= 4 is 16.1 Å². The van der Waals surface area contributed by atoms with Crippen LogP contribution >= 0.6 is 0 Å². The van der Waals surface area contributed by atoms with Gasteiger partial charge in [-0.05, 0) is 13.8 Å². The number of hydrogen-bond donors (Lipinski definition) is 1. The van der Waals surface area contributed by atoms with Crippen molar-refractivity contribution < 1.29 is 13.6 Å². The van der Waals surface area contributed by atoms with Gasteiger partial charge in [-0.1, -0.05) is 0 Å². The quantitative estimate of drug-likeness (QED) is 0.363. The van der Waals surface area contributed by atoms with Crippen LogP contribution in [0.2, 0.25) is 0 Å². The normalized spacial score (nSPS) is 14.3. The molecule has 0 aliphatic rings. The van der Waals surface area contributed by atoms with Crippen molar-refractivity contribution in [1.29, 1.82) is 0 Å². The minimum Gasteiger partial charge on any atom is -0.411 e. The van der Waals surface area contributed by atoms with Crippen LogP contribution in [0.3, 0.4) is 0 Å². The molecule has 0 fully saturated rings. The standard InChI is InChI=1S/C5H11NO3S/c1-5(2,4-6-7)10(3,8)9/h4,7H,1-3H3. The van der Waals surface area contributed by atoms with Crippen LogP contribution in [0, 0.1) is 0 Å². The minimum atomic E-state index is -3.17. The summed E-state index contributed by atoms with van der Waals surface area (Å²) in [6.45, 7) is 2.92. The summed E-state index contributed by atoms with van der Waals surface area (Å²) in [5.74, 6) is 0. The topological polar surface area (TPSA) is 66.7 Å². The van der Waals surface area contributed by atoms with Crippen molar-refractivity contribution in [3.63, 3.8) is 0 Å². The molecule has 0 radical (unpaired) electrons. The van der Waals surface area contributed by atoms with Gasteiger partial charge >= 0.3 is 0 Å². The maximum Gasteiger partial charge on any atom is 0.157 e. The third kappa shape index (κ3) is 1.98. The van der Waals surface area contributed by atoms with E-state index in [0.29, 0.717) is 0 Å². The van der Waals surface area contributed by atoms with E-state index < -0.39 is 14.6 Å². The number of oxime groups is 1. The van der Waals surface area contributed by atoms with Crippen molar-refractivity contribution in [2.75, 3.05) is 6.26 Å². The Balaban J connectivity index is 4.76. The van der Waals surface area contributed by atoms with E-state index >= 15 is 0 Å². The molecule has 0 unspecified atom stereocenters. The highest BCUT2D eigenvalue weighted by Crippen LogP contribution is 2.10. The van der Waals surface area contributed by atoms with Gasteiger partial charge in [-0.25, -0.2) is 8.42 Å². The van der Waals surface area contributed by atoms with Crippen molar-refractivity contribution in [2.24, 2.45) is 5.16 Å². The highest BCUT2D eigenvalue weighted by atomic mass is 32.2. The molecule has 0 aliphatic heterocycles. The first-order valence-electron chi connectivity index (χ1n) is 2.69. The Labute approximate surface area is 60.5 Å². The molecule has 0 atom stereocenters. The summed E-state index contributed by atoms with van der Waals surface area (Å²) < 4.78 is 20.6. The van der Waals surface area contributed by atoms with Gasteiger partial charge in [0.2, 0.25) is 0 Å². The van der Waals surface area contributed by atoms with Crippen LogP contribution < -0.4 is 0 Å². The summed E-state index contributed by atoms with van der Waals surface area (Å²) >= 11 is 0. The molecule has 0 rings (SSSR count). The predicted octanol–water partition coefficient (Wildman–Crippen LogP) is 0.270. The summed E-state index contributed by atoms with van der Waals surface area (Å²) in [6, 6.07) is 0. The second-order valence-corrected chi connectivity index (χ2v) is 5.22. The monoisotopic (exact) mass is 165 g/mol. The average Bonchev–Trinajstić information content (AvgIpc) is 1.61. The SMILES string of the molecule is CC(C)(C=NO)S(C)(=O)=O. The zero-order valence-electron chi connectivity index (χ0n) is 6.20. The van der Waals surface area contributed by atoms with Crippen LogP contribution in [0.5, 0.6) is 0 Å². The molecule has 0 aromatic heterocycles.